The van der Waals surface area contributed by atoms with Gasteiger partial charge in [0.05, 0.1) is 0 Å². The van der Waals surface area contributed by atoms with E-state index >= 15 is 0 Å². The molecule has 0 aliphatic rings. The summed E-state index contributed by atoms with van der Waals surface area (Å²) in [5, 5.41) is 0. The zero-order valence-corrected chi connectivity index (χ0v) is 21.1. The Hall–Kier alpha value is -3.12. The van der Waals surface area contributed by atoms with Crippen molar-refractivity contribution in [3.63, 3.8) is 0 Å². The average Bonchev–Trinajstić information content (AvgIpc) is 2.91. The summed E-state index contributed by atoms with van der Waals surface area (Å²) in [5.41, 5.74) is 12.1. The predicted octanol–water partition coefficient (Wildman–Crippen LogP) is 9.94. The first-order valence-electron chi connectivity index (χ1n) is 13.1. The van der Waals surface area contributed by atoms with Gasteiger partial charge in [0.15, 0.2) is 0 Å². The van der Waals surface area contributed by atoms with Crippen LogP contribution in [0, 0.1) is 0 Å². The van der Waals surface area contributed by atoms with Gasteiger partial charge in [0, 0.05) is 0 Å². The number of hydrogen-bond acceptors (Lipinski definition) is 0. The molecule has 4 aromatic carbocycles. The van der Waals surface area contributed by atoms with Crippen LogP contribution in [-0.4, -0.2) is 0 Å². The van der Waals surface area contributed by atoms with Crippen molar-refractivity contribution in [2.75, 3.05) is 0 Å². The van der Waals surface area contributed by atoms with Crippen molar-refractivity contribution in [2.24, 2.45) is 0 Å². The molecular weight excluding hydrogens is 408 g/mol. The lowest BCUT2D eigenvalue weighted by Gasteiger charge is -2.12. The maximum Gasteiger partial charge on any atom is -0.0152 e. The Morgan fingerprint density at radius 2 is 0.853 bits per heavy atom. The molecule has 0 radical (unpaired) electrons. The molecule has 0 spiro atoms. The first kappa shape index (κ1) is 24.0. The fourth-order valence-corrected chi connectivity index (χ4v) is 4.68. The quantitative estimate of drug-likeness (QED) is 0.227. The summed E-state index contributed by atoms with van der Waals surface area (Å²) >= 11 is 0. The molecule has 0 saturated heterocycles. The first-order chi connectivity index (χ1) is 16.7. The van der Waals surface area contributed by atoms with Gasteiger partial charge in [-0.05, 0) is 82.2 Å². The zero-order valence-electron chi connectivity index (χ0n) is 21.1. The molecule has 0 atom stereocenters. The van der Waals surface area contributed by atoms with E-state index in [1.54, 1.807) is 0 Å². The van der Waals surface area contributed by atoms with Crippen LogP contribution >= 0.6 is 0 Å². The molecule has 0 fully saturated rings. The molecule has 0 N–H and O–H groups in total. The number of rotatable bonds is 10. The summed E-state index contributed by atoms with van der Waals surface area (Å²) in [6.07, 6.45) is 8.39. The van der Waals surface area contributed by atoms with Gasteiger partial charge >= 0.3 is 0 Å². The lowest BCUT2D eigenvalue weighted by Crippen LogP contribution is -1.91. The molecule has 0 bridgehead atoms. The number of benzene rings is 4. The molecule has 0 aromatic heterocycles. The molecule has 4 rings (SSSR count). The van der Waals surface area contributed by atoms with Crippen molar-refractivity contribution >= 4 is 0 Å². The van der Waals surface area contributed by atoms with Crippen LogP contribution in [0.15, 0.2) is 91.0 Å². The van der Waals surface area contributed by atoms with Crippen LogP contribution in [0.1, 0.15) is 63.1 Å². The Morgan fingerprint density at radius 3 is 1.32 bits per heavy atom. The Bertz CT molecular complexity index is 1160. The summed E-state index contributed by atoms with van der Waals surface area (Å²) in [6, 6.07) is 34.2. The molecule has 4 aromatic rings. The molecule has 0 aliphatic heterocycles. The van der Waals surface area contributed by atoms with Crippen molar-refractivity contribution in [2.45, 2.75) is 65.7 Å². The molecule has 0 unspecified atom stereocenters. The highest BCUT2D eigenvalue weighted by Gasteiger charge is 2.08. The Morgan fingerprint density at radius 1 is 0.441 bits per heavy atom. The monoisotopic (exact) mass is 446 g/mol. The Labute approximate surface area is 206 Å². The zero-order chi connectivity index (χ0) is 23.8. The van der Waals surface area contributed by atoms with Crippen molar-refractivity contribution < 1.29 is 0 Å². The van der Waals surface area contributed by atoms with Crippen molar-refractivity contribution in [3.8, 4) is 33.4 Å². The molecular formula is C34H38. The van der Waals surface area contributed by atoms with Gasteiger partial charge in [-0.25, -0.2) is 0 Å². The third-order valence-electron chi connectivity index (χ3n) is 6.89. The van der Waals surface area contributed by atoms with E-state index in [9.17, 15) is 0 Å². The van der Waals surface area contributed by atoms with Crippen LogP contribution in [0.3, 0.4) is 0 Å². The van der Waals surface area contributed by atoms with Gasteiger partial charge in [0.2, 0.25) is 0 Å². The van der Waals surface area contributed by atoms with Gasteiger partial charge in [0.1, 0.15) is 0 Å². The molecule has 0 heterocycles. The minimum Gasteiger partial charge on any atom is -0.0654 e. The van der Waals surface area contributed by atoms with Crippen molar-refractivity contribution in [1.29, 1.82) is 0 Å². The predicted molar refractivity (Wildman–Crippen MR) is 149 cm³/mol. The molecule has 34 heavy (non-hydrogen) atoms. The fraction of sp³-hybridized carbons (Fsp3) is 0.294. The summed E-state index contributed by atoms with van der Waals surface area (Å²) < 4.78 is 0. The third-order valence-corrected chi connectivity index (χ3v) is 6.89. The molecule has 0 heteroatoms. The Kier molecular flexibility index (Phi) is 8.36. The lowest BCUT2D eigenvalue weighted by atomic mass is 9.92. The highest BCUT2D eigenvalue weighted by atomic mass is 14.1. The second-order valence-corrected chi connectivity index (χ2v) is 9.40. The van der Waals surface area contributed by atoms with Crippen LogP contribution in [0.4, 0.5) is 0 Å². The minimum absolute atomic E-state index is 1.03. The van der Waals surface area contributed by atoms with E-state index in [0.717, 1.165) is 6.42 Å². The van der Waals surface area contributed by atoms with Crippen molar-refractivity contribution in [3.05, 3.63) is 108 Å². The number of hydrogen-bond donors (Lipinski definition) is 0. The first-order valence-corrected chi connectivity index (χ1v) is 13.1. The summed E-state index contributed by atoms with van der Waals surface area (Å²) in [7, 11) is 0. The van der Waals surface area contributed by atoms with Gasteiger partial charge in [-0.2, -0.15) is 0 Å². The van der Waals surface area contributed by atoms with Gasteiger partial charge in [-0.15, -0.1) is 0 Å². The number of unbranched alkanes of at least 4 members (excludes halogenated alkanes) is 2. The minimum atomic E-state index is 1.03. The van der Waals surface area contributed by atoms with Gasteiger partial charge in [-0.3, -0.25) is 0 Å². The van der Waals surface area contributed by atoms with Crippen molar-refractivity contribution in [1.82, 2.24) is 0 Å². The molecule has 0 amide bonds. The molecule has 0 nitrogen and oxygen atoms in total. The largest absolute Gasteiger partial charge is 0.0654 e. The SMILES string of the molecule is CCCCc1ccc(-c2ccc(-c3ccc(-c4ccc(CCCC)cc4)c(CC)c3)cc2)cc1. The molecule has 174 valence electrons. The molecule has 0 aliphatic carbocycles. The topological polar surface area (TPSA) is 0 Å². The highest BCUT2D eigenvalue weighted by Crippen LogP contribution is 2.31. The standard InChI is InChI=1S/C34H38/c1-4-7-9-26-11-15-29(16-12-26)30-19-21-31(22-20-30)33-23-24-34(28(6-3)25-33)32-17-13-27(14-18-32)10-8-5-2/h11-25H,4-10H2,1-3H3. The van der Waals surface area contributed by atoms with E-state index in [2.05, 4.69) is 112 Å². The average molecular weight is 447 g/mol. The van der Waals surface area contributed by atoms with Crippen LogP contribution < -0.4 is 0 Å². The van der Waals surface area contributed by atoms with E-state index in [-0.39, 0.29) is 0 Å². The van der Waals surface area contributed by atoms with Crippen LogP contribution in [-0.2, 0) is 19.3 Å². The van der Waals surface area contributed by atoms with E-state index in [0.29, 0.717) is 0 Å². The van der Waals surface area contributed by atoms with Gasteiger partial charge in [0.25, 0.3) is 0 Å². The summed E-state index contributed by atoms with van der Waals surface area (Å²) in [5.74, 6) is 0. The second kappa shape index (κ2) is 11.8. The van der Waals surface area contributed by atoms with Crippen LogP contribution in [0.5, 0.6) is 0 Å². The maximum absolute atomic E-state index is 2.37. The van der Waals surface area contributed by atoms with Gasteiger partial charge in [-0.1, -0.05) is 125 Å². The van der Waals surface area contributed by atoms with Crippen LogP contribution in [0.25, 0.3) is 33.4 Å². The van der Waals surface area contributed by atoms with E-state index in [4.69, 9.17) is 0 Å². The summed E-state index contributed by atoms with van der Waals surface area (Å²) in [6.45, 7) is 6.76. The van der Waals surface area contributed by atoms with E-state index < -0.39 is 0 Å². The second-order valence-electron chi connectivity index (χ2n) is 9.40. The molecule has 0 saturated carbocycles. The number of aryl methyl sites for hydroxylation is 3. The fourth-order valence-electron chi connectivity index (χ4n) is 4.68. The highest BCUT2D eigenvalue weighted by molar-refractivity contribution is 5.75. The maximum atomic E-state index is 2.37. The third kappa shape index (κ3) is 5.86. The summed E-state index contributed by atoms with van der Waals surface area (Å²) in [4.78, 5) is 0. The Balaban J connectivity index is 1.52. The van der Waals surface area contributed by atoms with Gasteiger partial charge < -0.3 is 0 Å². The van der Waals surface area contributed by atoms with E-state index in [1.807, 2.05) is 0 Å². The smallest absolute Gasteiger partial charge is 0.0152 e. The van der Waals surface area contributed by atoms with Crippen LogP contribution in [0.2, 0.25) is 0 Å². The normalized spacial score (nSPS) is 11.0. The lowest BCUT2D eigenvalue weighted by molar-refractivity contribution is 0.795. The van der Waals surface area contributed by atoms with E-state index in [1.165, 1.54) is 88.6 Å².